The third-order valence-electron chi connectivity index (χ3n) is 3.58. The van der Waals surface area contributed by atoms with Crippen molar-refractivity contribution >= 4 is 15.9 Å². The molecule has 0 aliphatic carbocycles. The quantitative estimate of drug-likeness (QED) is 0.851. The van der Waals surface area contributed by atoms with Crippen LogP contribution in [0.3, 0.4) is 0 Å². The first-order valence-electron chi connectivity index (χ1n) is 6.49. The standard InChI is InChI=1S/C17H20BrN/c1-10-5-6-15(11(2)7-10)17(19)14-8-12(3)16(18)13(4)9-14/h5-9,17H,19H2,1-4H3. The lowest BCUT2D eigenvalue weighted by Gasteiger charge is -2.18. The van der Waals surface area contributed by atoms with Crippen molar-refractivity contribution in [3.05, 3.63) is 68.2 Å². The van der Waals surface area contributed by atoms with Crippen LogP contribution in [0.4, 0.5) is 0 Å². The molecule has 2 rings (SSSR count). The lowest BCUT2D eigenvalue weighted by molar-refractivity contribution is 0.856. The molecule has 2 N–H and O–H groups in total. The molecule has 0 radical (unpaired) electrons. The highest BCUT2D eigenvalue weighted by Crippen LogP contribution is 2.29. The molecule has 2 aromatic carbocycles. The number of hydrogen-bond donors (Lipinski definition) is 1. The largest absolute Gasteiger partial charge is 0.320 e. The van der Waals surface area contributed by atoms with Gasteiger partial charge in [0.25, 0.3) is 0 Å². The van der Waals surface area contributed by atoms with E-state index in [2.05, 4.69) is 74.0 Å². The average molecular weight is 318 g/mol. The predicted octanol–water partition coefficient (Wildman–Crippen LogP) is 4.73. The SMILES string of the molecule is Cc1ccc(C(N)c2cc(C)c(Br)c(C)c2)c(C)c1. The fourth-order valence-electron chi connectivity index (χ4n) is 2.51. The molecular formula is C17H20BrN. The molecular weight excluding hydrogens is 298 g/mol. The summed E-state index contributed by atoms with van der Waals surface area (Å²) in [6.07, 6.45) is 0. The van der Waals surface area contributed by atoms with Gasteiger partial charge in [0.2, 0.25) is 0 Å². The Bertz CT molecular complexity index is 594. The van der Waals surface area contributed by atoms with E-state index in [1.807, 2.05) is 0 Å². The summed E-state index contributed by atoms with van der Waals surface area (Å²) in [6.45, 7) is 8.45. The minimum atomic E-state index is -0.0638. The molecule has 0 aromatic heterocycles. The van der Waals surface area contributed by atoms with Crippen LogP contribution in [0.2, 0.25) is 0 Å². The molecule has 0 aliphatic rings. The van der Waals surface area contributed by atoms with Gasteiger partial charge in [-0.05, 0) is 55.5 Å². The molecule has 0 heterocycles. The van der Waals surface area contributed by atoms with Crippen LogP contribution in [0.15, 0.2) is 34.8 Å². The topological polar surface area (TPSA) is 26.0 Å². The monoisotopic (exact) mass is 317 g/mol. The van der Waals surface area contributed by atoms with Crippen LogP contribution in [0.5, 0.6) is 0 Å². The summed E-state index contributed by atoms with van der Waals surface area (Å²) in [5.74, 6) is 0. The first-order chi connectivity index (χ1) is 8.90. The van der Waals surface area contributed by atoms with Gasteiger partial charge >= 0.3 is 0 Å². The van der Waals surface area contributed by atoms with E-state index in [1.54, 1.807) is 0 Å². The second kappa shape index (κ2) is 5.48. The van der Waals surface area contributed by atoms with E-state index in [-0.39, 0.29) is 6.04 Å². The summed E-state index contributed by atoms with van der Waals surface area (Å²) in [4.78, 5) is 0. The van der Waals surface area contributed by atoms with Gasteiger partial charge in [0, 0.05) is 4.47 Å². The Hall–Kier alpha value is -1.12. The Kier molecular flexibility index (Phi) is 4.12. The van der Waals surface area contributed by atoms with E-state index in [0.717, 1.165) is 0 Å². The molecule has 1 unspecified atom stereocenters. The zero-order valence-corrected chi connectivity index (χ0v) is 13.5. The van der Waals surface area contributed by atoms with Gasteiger partial charge in [0.05, 0.1) is 6.04 Å². The van der Waals surface area contributed by atoms with Crippen LogP contribution in [-0.4, -0.2) is 0 Å². The van der Waals surface area contributed by atoms with Crippen molar-refractivity contribution in [3.8, 4) is 0 Å². The van der Waals surface area contributed by atoms with Crippen LogP contribution < -0.4 is 5.73 Å². The average Bonchev–Trinajstić information content (AvgIpc) is 2.34. The van der Waals surface area contributed by atoms with Crippen molar-refractivity contribution in [2.75, 3.05) is 0 Å². The van der Waals surface area contributed by atoms with Gasteiger partial charge in [0.15, 0.2) is 0 Å². The van der Waals surface area contributed by atoms with Crippen molar-refractivity contribution in [3.63, 3.8) is 0 Å². The van der Waals surface area contributed by atoms with Gasteiger partial charge in [-0.1, -0.05) is 51.8 Å². The Labute approximate surface area is 124 Å². The van der Waals surface area contributed by atoms with Crippen molar-refractivity contribution in [1.82, 2.24) is 0 Å². The van der Waals surface area contributed by atoms with E-state index in [0.29, 0.717) is 0 Å². The van der Waals surface area contributed by atoms with Crippen LogP contribution in [0, 0.1) is 27.7 Å². The van der Waals surface area contributed by atoms with Gasteiger partial charge in [-0.25, -0.2) is 0 Å². The molecule has 0 spiro atoms. The lowest BCUT2D eigenvalue weighted by Crippen LogP contribution is -2.14. The second-order valence-electron chi connectivity index (χ2n) is 5.31. The number of halogens is 1. The summed E-state index contributed by atoms with van der Waals surface area (Å²) in [5.41, 5.74) is 13.8. The van der Waals surface area contributed by atoms with E-state index in [9.17, 15) is 0 Å². The molecule has 0 aliphatic heterocycles. The predicted molar refractivity (Wildman–Crippen MR) is 85.6 cm³/mol. The van der Waals surface area contributed by atoms with Crippen LogP contribution >= 0.6 is 15.9 Å². The molecule has 1 nitrogen and oxygen atoms in total. The first kappa shape index (κ1) is 14.3. The first-order valence-corrected chi connectivity index (χ1v) is 7.29. The van der Waals surface area contributed by atoms with E-state index in [1.165, 1.54) is 37.9 Å². The normalized spacial score (nSPS) is 12.5. The van der Waals surface area contributed by atoms with E-state index in [4.69, 9.17) is 5.73 Å². The lowest BCUT2D eigenvalue weighted by atomic mass is 9.93. The molecule has 0 bridgehead atoms. The minimum absolute atomic E-state index is 0.0638. The van der Waals surface area contributed by atoms with Gasteiger partial charge in [-0.2, -0.15) is 0 Å². The Balaban J connectivity index is 2.47. The fourth-order valence-corrected chi connectivity index (χ4v) is 2.74. The maximum atomic E-state index is 6.44. The van der Waals surface area contributed by atoms with Gasteiger partial charge in [-0.3, -0.25) is 0 Å². The highest BCUT2D eigenvalue weighted by molar-refractivity contribution is 9.10. The van der Waals surface area contributed by atoms with Crippen molar-refractivity contribution < 1.29 is 0 Å². The second-order valence-corrected chi connectivity index (χ2v) is 6.10. The number of rotatable bonds is 2. The molecule has 1 atom stereocenters. The molecule has 100 valence electrons. The van der Waals surface area contributed by atoms with E-state index < -0.39 is 0 Å². The van der Waals surface area contributed by atoms with Gasteiger partial charge in [0.1, 0.15) is 0 Å². The number of aryl methyl sites for hydroxylation is 4. The highest BCUT2D eigenvalue weighted by Gasteiger charge is 2.13. The smallest absolute Gasteiger partial charge is 0.0554 e. The summed E-state index contributed by atoms with van der Waals surface area (Å²) >= 11 is 3.60. The Morgan fingerprint density at radius 1 is 0.895 bits per heavy atom. The van der Waals surface area contributed by atoms with Crippen molar-refractivity contribution in [2.45, 2.75) is 33.7 Å². The molecule has 2 heteroatoms. The summed E-state index contributed by atoms with van der Waals surface area (Å²) in [5, 5.41) is 0. The highest BCUT2D eigenvalue weighted by atomic mass is 79.9. The van der Waals surface area contributed by atoms with Crippen LogP contribution in [0.25, 0.3) is 0 Å². The molecule has 0 fully saturated rings. The Morgan fingerprint density at radius 3 is 2.00 bits per heavy atom. The van der Waals surface area contributed by atoms with Crippen LogP contribution in [0.1, 0.15) is 39.4 Å². The van der Waals surface area contributed by atoms with Gasteiger partial charge < -0.3 is 5.73 Å². The molecule has 0 saturated heterocycles. The summed E-state index contributed by atoms with van der Waals surface area (Å²) < 4.78 is 1.17. The third-order valence-corrected chi connectivity index (χ3v) is 4.83. The fraction of sp³-hybridized carbons (Fsp3) is 0.294. The summed E-state index contributed by atoms with van der Waals surface area (Å²) in [6, 6.07) is 10.7. The third kappa shape index (κ3) is 2.90. The minimum Gasteiger partial charge on any atom is -0.320 e. The molecule has 0 saturated carbocycles. The van der Waals surface area contributed by atoms with Crippen molar-refractivity contribution in [2.24, 2.45) is 5.73 Å². The zero-order chi connectivity index (χ0) is 14.2. The molecule has 0 amide bonds. The van der Waals surface area contributed by atoms with Crippen molar-refractivity contribution in [1.29, 1.82) is 0 Å². The van der Waals surface area contributed by atoms with Gasteiger partial charge in [-0.15, -0.1) is 0 Å². The number of hydrogen-bond acceptors (Lipinski definition) is 1. The maximum absolute atomic E-state index is 6.44. The van der Waals surface area contributed by atoms with E-state index >= 15 is 0 Å². The number of benzene rings is 2. The number of nitrogens with two attached hydrogens (primary N) is 1. The molecule has 19 heavy (non-hydrogen) atoms. The molecule has 2 aromatic rings. The Morgan fingerprint density at radius 2 is 1.47 bits per heavy atom. The van der Waals surface area contributed by atoms with Crippen LogP contribution in [-0.2, 0) is 0 Å². The summed E-state index contributed by atoms with van der Waals surface area (Å²) in [7, 11) is 0. The maximum Gasteiger partial charge on any atom is 0.0554 e. The zero-order valence-electron chi connectivity index (χ0n) is 11.9.